The van der Waals surface area contributed by atoms with Crippen molar-refractivity contribution >= 4 is 35.1 Å². The van der Waals surface area contributed by atoms with E-state index in [0.717, 1.165) is 17.7 Å². The fourth-order valence-corrected chi connectivity index (χ4v) is 3.77. The summed E-state index contributed by atoms with van der Waals surface area (Å²) in [5.41, 5.74) is 0.0530. The van der Waals surface area contributed by atoms with E-state index >= 15 is 0 Å². The summed E-state index contributed by atoms with van der Waals surface area (Å²) in [6.45, 7) is 1.28. The van der Waals surface area contributed by atoms with E-state index in [1.807, 2.05) is 0 Å². The van der Waals surface area contributed by atoms with E-state index in [0.29, 0.717) is 30.0 Å². The molecular formula is C18H20N4O5. The van der Waals surface area contributed by atoms with Gasteiger partial charge in [0, 0.05) is 5.69 Å². The zero-order valence-corrected chi connectivity index (χ0v) is 14.8. The van der Waals surface area contributed by atoms with E-state index in [-0.39, 0.29) is 18.4 Å². The lowest BCUT2D eigenvalue weighted by Crippen LogP contribution is -2.44. The minimum atomic E-state index is -0.832. The highest BCUT2D eigenvalue weighted by Gasteiger charge is 2.52. The first-order chi connectivity index (χ1) is 12.9. The second-order valence-corrected chi connectivity index (χ2v) is 7.12. The van der Waals surface area contributed by atoms with Crippen LogP contribution in [0.15, 0.2) is 18.2 Å². The topological polar surface area (TPSA) is 117 Å². The van der Waals surface area contributed by atoms with Crippen molar-refractivity contribution in [1.82, 2.24) is 10.2 Å². The monoisotopic (exact) mass is 372 g/mol. The van der Waals surface area contributed by atoms with Gasteiger partial charge in [-0.2, -0.15) is 0 Å². The van der Waals surface area contributed by atoms with Gasteiger partial charge in [0.1, 0.15) is 17.8 Å². The first-order valence-corrected chi connectivity index (χ1v) is 8.93. The number of rotatable bonds is 3. The van der Waals surface area contributed by atoms with Crippen molar-refractivity contribution in [1.29, 1.82) is 0 Å². The van der Waals surface area contributed by atoms with Gasteiger partial charge in [0.05, 0.1) is 5.69 Å². The third-order valence-electron chi connectivity index (χ3n) is 5.20. The van der Waals surface area contributed by atoms with Gasteiger partial charge in [0.25, 0.3) is 11.8 Å². The molecule has 142 valence electrons. The van der Waals surface area contributed by atoms with E-state index in [1.54, 1.807) is 25.1 Å². The van der Waals surface area contributed by atoms with Gasteiger partial charge in [-0.05, 0) is 38.0 Å². The predicted octanol–water partition coefficient (Wildman–Crippen LogP) is 1.21. The van der Waals surface area contributed by atoms with Crippen LogP contribution < -0.4 is 20.7 Å². The molecule has 1 aromatic carbocycles. The number of anilines is 2. The Hall–Kier alpha value is -3.10. The SMILES string of the molecule is C[C@H]1Oc2ccc(NC(=O)CN3C(=O)NC4(CCCC4)C3=O)cc2NC1=O. The average molecular weight is 372 g/mol. The molecule has 1 saturated carbocycles. The molecule has 1 aliphatic carbocycles. The zero-order valence-electron chi connectivity index (χ0n) is 14.8. The van der Waals surface area contributed by atoms with Gasteiger partial charge >= 0.3 is 6.03 Å². The molecule has 0 aromatic heterocycles. The number of nitrogens with one attached hydrogen (secondary N) is 3. The summed E-state index contributed by atoms with van der Waals surface area (Å²) in [5, 5.41) is 8.09. The van der Waals surface area contributed by atoms with Crippen LogP contribution in [0.5, 0.6) is 5.75 Å². The molecule has 2 fully saturated rings. The smallest absolute Gasteiger partial charge is 0.325 e. The van der Waals surface area contributed by atoms with E-state index in [9.17, 15) is 19.2 Å². The van der Waals surface area contributed by atoms with E-state index in [1.165, 1.54) is 0 Å². The predicted molar refractivity (Wildman–Crippen MR) is 95.2 cm³/mol. The summed E-state index contributed by atoms with van der Waals surface area (Å²) < 4.78 is 5.46. The van der Waals surface area contributed by atoms with Gasteiger partial charge in [-0.1, -0.05) is 12.8 Å². The standard InChI is InChI=1S/C18H20N4O5/c1-10-15(24)20-12-8-11(4-5-13(12)27-10)19-14(23)9-22-16(25)18(21-17(22)26)6-2-3-7-18/h4-5,8,10H,2-3,6-7,9H2,1H3,(H,19,23)(H,20,24)(H,21,26)/t10-/m1/s1. The average Bonchev–Trinajstić information content (AvgIpc) is 3.17. The molecule has 1 atom stereocenters. The number of hydrogen-bond acceptors (Lipinski definition) is 5. The molecule has 27 heavy (non-hydrogen) atoms. The molecule has 0 unspecified atom stereocenters. The number of carbonyl (C=O) groups excluding carboxylic acids is 4. The van der Waals surface area contributed by atoms with Crippen molar-refractivity contribution in [2.45, 2.75) is 44.2 Å². The molecule has 2 heterocycles. The molecular weight excluding hydrogens is 352 g/mol. The number of imide groups is 1. The lowest BCUT2D eigenvalue weighted by atomic mass is 9.98. The van der Waals surface area contributed by atoms with E-state index < -0.39 is 23.6 Å². The number of amides is 5. The maximum Gasteiger partial charge on any atom is 0.325 e. The van der Waals surface area contributed by atoms with E-state index in [2.05, 4.69) is 16.0 Å². The molecule has 0 bridgehead atoms. The van der Waals surface area contributed by atoms with Crippen LogP contribution >= 0.6 is 0 Å². The van der Waals surface area contributed by atoms with Crippen molar-refractivity contribution in [3.63, 3.8) is 0 Å². The number of nitrogens with zero attached hydrogens (tertiary/aromatic N) is 1. The summed E-state index contributed by atoms with van der Waals surface area (Å²) in [6, 6.07) is 4.31. The Bertz CT molecular complexity index is 846. The molecule has 3 aliphatic rings. The Morgan fingerprint density at radius 3 is 2.78 bits per heavy atom. The van der Waals surface area contributed by atoms with Gasteiger partial charge in [0.2, 0.25) is 5.91 Å². The Kier molecular flexibility index (Phi) is 4.01. The molecule has 9 nitrogen and oxygen atoms in total. The molecule has 9 heteroatoms. The summed E-state index contributed by atoms with van der Waals surface area (Å²) >= 11 is 0. The lowest BCUT2D eigenvalue weighted by Gasteiger charge is -2.23. The number of benzene rings is 1. The Morgan fingerprint density at radius 2 is 2.04 bits per heavy atom. The lowest BCUT2D eigenvalue weighted by molar-refractivity contribution is -0.133. The first-order valence-electron chi connectivity index (χ1n) is 8.93. The summed E-state index contributed by atoms with van der Waals surface area (Å²) in [6.07, 6.45) is 2.40. The van der Waals surface area contributed by atoms with Gasteiger partial charge in [-0.25, -0.2) is 4.79 Å². The van der Waals surface area contributed by atoms with Crippen LogP contribution in [-0.4, -0.2) is 46.8 Å². The van der Waals surface area contributed by atoms with Crippen molar-refractivity contribution in [2.24, 2.45) is 0 Å². The molecule has 0 radical (unpaired) electrons. The fourth-order valence-electron chi connectivity index (χ4n) is 3.77. The van der Waals surface area contributed by atoms with E-state index in [4.69, 9.17) is 4.74 Å². The molecule has 2 aliphatic heterocycles. The van der Waals surface area contributed by atoms with Crippen LogP contribution in [-0.2, 0) is 14.4 Å². The van der Waals surface area contributed by atoms with Crippen LogP contribution in [0.1, 0.15) is 32.6 Å². The summed E-state index contributed by atoms with van der Waals surface area (Å²) in [5.74, 6) is -0.588. The van der Waals surface area contributed by atoms with Crippen LogP contribution in [0.25, 0.3) is 0 Å². The third-order valence-corrected chi connectivity index (χ3v) is 5.20. The zero-order chi connectivity index (χ0) is 19.2. The Labute approximate surface area is 155 Å². The number of carbonyl (C=O) groups is 4. The van der Waals surface area contributed by atoms with Gasteiger partial charge in [0.15, 0.2) is 6.10 Å². The molecule has 5 amide bonds. The second kappa shape index (κ2) is 6.26. The highest BCUT2D eigenvalue weighted by Crippen LogP contribution is 2.35. The normalized spacial score (nSPS) is 22.9. The molecule has 4 rings (SSSR count). The van der Waals surface area contributed by atoms with Crippen molar-refractivity contribution in [3.8, 4) is 5.75 Å². The van der Waals surface area contributed by atoms with Gasteiger partial charge < -0.3 is 20.7 Å². The van der Waals surface area contributed by atoms with Crippen LogP contribution in [0.2, 0.25) is 0 Å². The molecule has 1 saturated heterocycles. The van der Waals surface area contributed by atoms with Gasteiger partial charge in [-0.15, -0.1) is 0 Å². The van der Waals surface area contributed by atoms with Crippen LogP contribution in [0.3, 0.4) is 0 Å². The van der Waals surface area contributed by atoms with Crippen LogP contribution in [0.4, 0.5) is 16.2 Å². The highest BCUT2D eigenvalue weighted by molar-refractivity contribution is 6.10. The molecule has 1 spiro atoms. The van der Waals surface area contributed by atoms with Crippen LogP contribution in [0, 0.1) is 0 Å². The third kappa shape index (κ3) is 2.98. The maximum absolute atomic E-state index is 12.6. The number of ether oxygens (including phenoxy) is 1. The molecule has 3 N–H and O–H groups in total. The second-order valence-electron chi connectivity index (χ2n) is 7.12. The largest absolute Gasteiger partial charge is 0.479 e. The Morgan fingerprint density at radius 1 is 1.30 bits per heavy atom. The van der Waals surface area contributed by atoms with Crippen molar-refractivity contribution < 1.29 is 23.9 Å². The van der Waals surface area contributed by atoms with Gasteiger partial charge in [-0.3, -0.25) is 19.3 Å². The number of fused-ring (bicyclic) bond motifs is 1. The highest BCUT2D eigenvalue weighted by atomic mass is 16.5. The fraction of sp³-hybridized carbons (Fsp3) is 0.444. The Balaban J connectivity index is 1.43. The van der Waals surface area contributed by atoms with Crippen molar-refractivity contribution in [3.05, 3.63) is 18.2 Å². The first kappa shape index (κ1) is 17.3. The number of urea groups is 1. The summed E-state index contributed by atoms with van der Waals surface area (Å²) in [7, 11) is 0. The summed E-state index contributed by atoms with van der Waals surface area (Å²) in [4.78, 5) is 49.7. The molecule has 1 aromatic rings. The minimum absolute atomic E-state index is 0.271. The van der Waals surface area contributed by atoms with Crippen molar-refractivity contribution in [2.75, 3.05) is 17.2 Å². The minimum Gasteiger partial charge on any atom is -0.479 e. The maximum atomic E-state index is 12.6. The number of hydrogen-bond donors (Lipinski definition) is 3. The quantitative estimate of drug-likeness (QED) is 0.690.